The van der Waals surface area contributed by atoms with Crippen LogP contribution in [0.2, 0.25) is 0 Å². The number of amides is 1. The van der Waals surface area contributed by atoms with Crippen LogP contribution < -0.4 is 5.32 Å². The molecule has 0 saturated carbocycles. The van der Waals surface area contributed by atoms with Gasteiger partial charge < -0.3 is 10.1 Å². The van der Waals surface area contributed by atoms with Crippen LogP contribution in [-0.4, -0.2) is 25.0 Å². The first-order valence-electron chi connectivity index (χ1n) is 5.64. The molecule has 1 rings (SSSR count). The molecule has 0 aliphatic carbocycles. The lowest BCUT2D eigenvalue weighted by Crippen LogP contribution is -2.44. The number of thiophene rings is 1. The first-order chi connectivity index (χ1) is 8.54. The molecule has 1 N–H and O–H groups in total. The summed E-state index contributed by atoms with van der Waals surface area (Å²) in [5.74, 6) is -0.744. The van der Waals surface area contributed by atoms with Crippen LogP contribution in [0.3, 0.4) is 0 Å². The third kappa shape index (κ3) is 4.33. The van der Waals surface area contributed by atoms with Gasteiger partial charge in [0.2, 0.25) is 5.91 Å². The smallest absolute Gasteiger partial charge is 0.328 e. The van der Waals surface area contributed by atoms with Gasteiger partial charge in [-0.15, -0.1) is 11.3 Å². The number of carbonyl (C=O) groups excluding carboxylic acids is 2. The van der Waals surface area contributed by atoms with Crippen LogP contribution in [0.15, 0.2) is 23.6 Å². The summed E-state index contributed by atoms with van der Waals surface area (Å²) in [6.07, 6.45) is 3.14. The van der Waals surface area contributed by atoms with Crippen LogP contribution in [-0.2, 0) is 14.3 Å². The number of ether oxygens (including phenoxy) is 1. The van der Waals surface area contributed by atoms with Crippen molar-refractivity contribution in [2.45, 2.75) is 19.9 Å². The number of esters is 1. The summed E-state index contributed by atoms with van der Waals surface area (Å²) in [6, 6.07) is 3.21. The molecule has 5 heteroatoms. The van der Waals surface area contributed by atoms with Gasteiger partial charge in [-0.3, -0.25) is 4.79 Å². The predicted molar refractivity (Wildman–Crippen MR) is 72.1 cm³/mol. The summed E-state index contributed by atoms with van der Waals surface area (Å²) in [7, 11) is 1.31. The second-order valence-electron chi connectivity index (χ2n) is 4.10. The minimum absolute atomic E-state index is 0.0171. The Morgan fingerprint density at radius 3 is 2.67 bits per heavy atom. The van der Waals surface area contributed by atoms with Crippen molar-refractivity contribution in [3.05, 3.63) is 28.5 Å². The molecule has 0 aliphatic heterocycles. The van der Waals surface area contributed by atoms with Gasteiger partial charge in [0.15, 0.2) is 0 Å². The summed E-state index contributed by atoms with van der Waals surface area (Å²) < 4.78 is 4.65. The molecule has 1 aromatic heterocycles. The molecule has 0 aromatic carbocycles. The average molecular weight is 267 g/mol. The van der Waals surface area contributed by atoms with Crippen molar-refractivity contribution in [3.63, 3.8) is 0 Å². The van der Waals surface area contributed by atoms with Gasteiger partial charge in [-0.05, 0) is 23.4 Å². The van der Waals surface area contributed by atoms with Crippen molar-refractivity contribution in [1.29, 1.82) is 0 Å². The van der Waals surface area contributed by atoms with E-state index in [4.69, 9.17) is 0 Å². The Kier molecular flexibility index (Phi) is 5.58. The molecule has 1 heterocycles. The molecule has 0 bridgehead atoms. The van der Waals surface area contributed by atoms with Gasteiger partial charge in [-0.1, -0.05) is 19.9 Å². The molecule has 98 valence electrons. The zero-order valence-corrected chi connectivity index (χ0v) is 11.5. The summed E-state index contributed by atoms with van der Waals surface area (Å²) in [4.78, 5) is 24.1. The molecule has 0 spiro atoms. The van der Waals surface area contributed by atoms with Crippen LogP contribution in [0.25, 0.3) is 6.08 Å². The SMILES string of the molecule is COC(=O)[C@@H](NC(=O)/C=C/c1cccs1)C(C)C. The van der Waals surface area contributed by atoms with Gasteiger partial charge in [0.25, 0.3) is 0 Å². The molecule has 0 fully saturated rings. The van der Waals surface area contributed by atoms with Crippen molar-refractivity contribution in [1.82, 2.24) is 5.32 Å². The van der Waals surface area contributed by atoms with E-state index in [9.17, 15) is 9.59 Å². The summed E-state index contributed by atoms with van der Waals surface area (Å²) in [5, 5.41) is 4.57. The third-order valence-corrected chi connectivity index (χ3v) is 3.20. The number of hydrogen-bond acceptors (Lipinski definition) is 4. The van der Waals surface area contributed by atoms with Crippen molar-refractivity contribution in [3.8, 4) is 0 Å². The van der Waals surface area contributed by atoms with E-state index in [1.54, 1.807) is 17.4 Å². The zero-order valence-electron chi connectivity index (χ0n) is 10.7. The van der Waals surface area contributed by atoms with Gasteiger partial charge in [0.05, 0.1) is 7.11 Å². The molecule has 1 atom stereocenters. The molecule has 0 saturated heterocycles. The van der Waals surface area contributed by atoms with E-state index in [1.807, 2.05) is 31.4 Å². The summed E-state index contributed by atoms with van der Waals surface area (Å²) in [5.41, 5.74) is 0. The van der Waals surface area contributed by atoms with Gasteiger partial charge in [0, 0.05) is 11.0 Å². The van der Waals surface area contributed by atoms with Gasteiger partial charge in [-0.2, -0.15) is 0 Å². The van der Waals surface area contributed by atoms with Gasteiger partial charge in [0.1, 0.15) is 6.04 Å². The summed E-state index contributed by atoms with van der Waals surface area (Å²) in [6.45, 7) is 3.70. The average Bonchev–Trinajstić information content (AvgIpc) is 2.85. The first kappa shape index (κ1) is 14.4. The monoisotopic (exact) mass is 267 g/mol. The fraction of sp³-hybridized carbons (Fsp3) is 0.385. The van der Waals surface area contributed by atoms with Gasteiger partial charge in [-0.25, -0.2) is 4.79 Å². The maximum absolute atomic E-state index is 11.7. The molecular formula is C13H17NO3S. The molecule has 4 nitrogen and oxygen atoms in total. The minimum Gasteiger partial charge on any atom is -0.467 e. The second-order valence-corrected chi connectivity index (χ2v) is 5.08. The van der Waals surface area contributed by atoms with E-state index in [-0.39, 0.29) is 11.8 Å². The number of nitrogens with one attached hydrogen (secondary N) is 1. The van der Waals surface area contributed by atoms with Gasteiger partial charge >= 0.3 is 5.97 Å². The number of hydrogen-bond donors (Lipinski definition) is 1. The van der Waals surface area contributed by atoms with Crippen molar-refractivity contribution >= 4 is 29.3 Å². The third-order valence-electron chi connectivity index (χ3n) is 2.36. The Morgan fingerprint density at radius 1 is 1.44 bits per heavy atom. The van der Waals surface area contributed by atoms with E-state index >= 15 is 0 Å². The van der Waals surface area contributed by atoms with E-state index in [0.717, 1.165) is 4.88 Å². The molecular weight excluding hydrogens is 250 g/mol. The Bertz CT molecular complexity index is 423. The molecule has 1 aromatic rings. The molecule has 0 radical (unpaired) electrons. The van der Waals surface area contributed by atoms with E-state index in [1.165, 1.54) is 13.2 Å². The fourth-order valence-electron chi connectivity index (χ4n) is 1.37. The van der Waals surface area contributed by atoms with Crippen LogP contribution in [0.4, 0.5) is 0 Å². The molecule has 0 unspecified atom stereocenters. The minimum atomic E-state index is -0.615. The maximum atomic E-state index is 11.7. The van der Waals surface area contributed by atoms with Crippen molar-refractivity contribution in [2.24, 2.45) is 5.92 Å². The fourth-order valence-corrected chi connectivity index (χ4v) is 1.99. The first-order valence-corrected chi connectivity index (χ1v) is 6.52. The van der Waals surface area contributed by atoms with Crippen molar-refractivity contribution < 1.29 is 14.3 Å². The lowest BCUT2D eigenvalue weighted by Gasteiger charge is -2.18. The highest BCUT2D eigenvalue weighted by Crippen LogP contribution is 2.10. The van der Waals surface area contributed by atoms with E-state index < -0.39 is 12.0 Å². The Labute approximate surface area is 111 Å². The summed E-state index contributed by atoms with van der Waals surface area (Å²) >= 11 is 1.54. The van der Waals surface area contributed by atoms with E-state index in [0.29, 0.717) is 0 Å². The second kappa shape index (κ2) is 6.96. The van der Waals surface area contributed by atoms with Crippen LogP contribution in [0, 0.1) is 5.92 Å². The largest absolute Gasteiger partial charge is 0.467 e. The van der Waals surface area contributed by atoms with E-state index in [2.05, 4.69) is 10.1 Å². The zero-order chi connectivity index (χ0) is 13.5. The van der Waals surface area contributed by atoms with Crippen molar-refractivity contribution in [2.75, 3.05) is 7.11 Å². The number of carbonyl (C=O) groups is 2. The predicted octanol–water partition coefficient (Wildman–Crippen LogP) is 2.08. The highest BCUT2D eigenvalue weighted by Gasteiger charge is 2.23. The quantitative estimate of drug-likeness (QED) is 0.656. The molecule has 0 aliphatic rings. The molecule has 1 amide bonds. The van der Waals surface area contributed by atoms with Crippen LogP contribution in [0.5, 0.6) is 0 Å². The lowest BCUT2D eigenvalue weighted by atomic mass is 10.0. The standard InChI is InChI=1S/C13H17NO3S/c1-9(2)12(13(16)17-3)14-11(15)7-6-10-5-4-8-18-10/h4-9,12H,1-3H3,(H,14,15)/b7-6+/t12-/m0/s1. The normalized spacial score (nSPS) is 12.7. The van der Waals surface area contributed by atoms with Crippen LogP contribution >= 0.6 is 11.3 Å². The number of rotatable bonds is 5. The Morgan fingerprint density at radius 2 is 2.17 bits per heavy atom. The molecule has 18 heavy (non-hydrogen) atoms. The highest BCUT2D eigenvalue weighted by molar-refractivity contribution is 7.10. The highest BCUT2D eigenvalue weighted by atomic mass is 32.1. The number of methoxy groups -OCH3 is 1. The Hall–Kier alpha value is -1.62. The topological polar surface area (TPSA) is 55.4 Å². The lowest BCUT2D eigenvalue weighted by molar-refractivity contribution is -0.145. The Balaban J connectivity index is 2.59. The van der Waals surface area contributed by atoms with Crippen LogP contribution in [0.1, 0.15) is 18.7 Å². The maximum Gasteiger partial charge on any atom is 0.328 e.